The molecule has 40 heavy (non-hydrogen) atoms. The summed E-state index contributed by atoms with van der Waals surface area (Å²) in [4.78, 5) is 14.1. The fraction of sp³-hybridized carbons (Fsp3) is 0.147. The largest absolute Gasteiger partial charge is 0.496 e. The van der Waals surface area contributed by atoms with Crippen molar-refractivity contribution in [1.82, 2.24) is 4.57 Å². The zero-order valence-corrected chi connectivity index (χ0v) is 22.9. The van der Waals surface area contributed by atoms with Crippen LogP contribution in [0.15, 0.2) is 90.3 Å². The van der Waals surface area contributed by atoms with Gasteiger partial charge in [-0.25, -0.2) is 4.79 Å². The molecule has 0 fully saturated rings. The van der Waals surface area contributed by atoms with Crippen LogP contribution in [0.5, 0.6) is 11.5 Å². The van der Waals surface area contributed by atoms with Gasteiger partial charge in [0.25, 0.3) is 0 Å². The van der Waals surface area contributed by atoms with Crippen molar-refractivity contribution in [2.75, 3.05) is 13.7 Å². The predicted molar refractivity (Wildman–Crippen MR) is 160 cm³/mol. The first-order valence-electron chi connectivity index (χ1n) is 13.4. The van der Waals surface area contributed by atoms with Gasteiger partial charge in [0, 0.05) is 50.4 Å². The molecule has 0 amide bonds. The number of cyclic esters (lactones) is 1. The van der Waals surface area contributed by atoms with E-state index in [9.17, 15) is 4.79 Å². The van der Waals surface area contributed by atoms with Crippen LogP contribution in [0.4, 0.5) is 0 Å². The lowest BCUT2D eigenvalue weighted by atomic mass is 9.81. The Balaban J connectivity index is 1.56. The first-order valence-corrected chi connectivity index (χ1v) is 14.3. The van der Waals surface area contributed by atoms with Crippen molar-refractivity contribution >= 4 is 55.5 Å². The summed E-state index contributed by atoms with van der Waals surface area (Å²) in [6.45, 7) is 3.20. The third-order valence-electron chi connectivity index (χ3n) is 8.24. The number of methoxy groups -OCH3 is 1. The zero-order valence-electron chi connectivity index (χ0n) is 22.1. The Labute approximate surface area is 234 Å². The fourth-order valence-corrected chi connectivity index (χ4v) is 7.44. The third kappa shape index (κ3) is 2.99. The standard InChI is InChI=1S/C34H25NO4S/c1-3-35-25-11-6-4-9-22(25)31-26(35)15-14-20-17-23-29-21(19-38-33(23)36)18-34(28-13-8-16-40-28,39-32(29)30(20)31)24-10-5-7-12-27(24)37-2/h4-18H,3,19H2,1-2H3. The molecule has 0 bridgehead atoms. The number of thiophene rings is 1. The van der Waals surface area contributed by atoms with Gasteiger partial charge < -0.3 is 18.8 Å². The maximum atomic E-state index is 13.1. The van der Waals surface area contributed by atoms with Crippen molar-refractivity contribution in [2.24, 2.45) is 0 Å². The van der Waals surface area contributed by atoms with Crippen LogP contribution in [0.2, 0.25) is 0 Å². The molecule has 4 aromatic carbocycles. The molecular formula is C34H25NO4S. The van der Waals surface area contributed by atoms with Gasteiger partial charge in [0.1, 0.15) is 18.1 Å². The topological polar surface area (TPSA) is 49.7 Å². The van der Waals surface area contributed by atoms with Gasteiger partial charge in [-0.3, -0.25) is 0 Å². The summed E-state index contributed by atoms with van der Waals surface area (Å²) < 4.78 is 21.3. The van der Waals surface area contributed by atoms with Crippen LogP contribution in [0.1, 0.15) is 33.3 Å². The highest BCUT2D eigenvalue weighted by atomic mass is 32.1. The number of hydrogen-bond acceptors (Lipinski definition) is 5. The summed E-state index contributed by atoms with van der Waals surface area (Å²) in [6, 6.07) is 26.8. The van der Waals surface area contributed by atoms with E-state index in [0.717, 1.165) is 55.5 Å². The van der Waals surface area contributed by atoms with E-state index in [0.29, 0.717) is 11.3 Å². The molecule has 6 aromatic rings. The average molecular weight is 544 g/mol. The van der Waals surface area contributed by atoms with Crippen molar-refractivity contribution in [2.45, 2.75) is 19.1 Å². The lowest BCUT2D eigenvalue weighted by Crippen LogP contribution is -2.37. The zero-order chi connectivity index (χ0) is 27.0. The molecule has 0 N–H and O–H groups in total. The molecule has 0 aliphatic carbocycles. The number of esters is 1. The van der Waals surface area contributed by atoms with Gasteiger partial charge in [-0.2, -0.15) is 0 Å². The van der Waals surface area contributed by atoms with E-state index < -0.39 is 5.60 Å². The number of carbonyl (C=O) groups is 1. The summed E-state index contributed by atoms with van der Waals surface area (Å²) in [6.07, 6.45) is 2.12. The fourth-order valence-electron chi connectivity index (χ4n) is 6.59. The van der Waals surface area contributed by atoms with Crippen LogP contribution in [-0.4, -0.2) is 24.3 Å². The molecule has 2 aliphatic rings. The Bertz CT molecular complexity index is 2030. The van der Waals surface area contributed by atoms with Crippen molar-refractivity contribution < 1.29 is 19.0 Å². The van der Waals surface area contributed by atoms with E-state index in [4.69, 9.17) is 14.2 Å². The molecule has 1 unspecified atom stereocenters. The van der Waals surface area contributed by atoms with E-state index in [2.05, 4.69) is 71.5 Å². The average Bonchev–Trinajstić information content (AvgIpc) is 3.65. The highest BCUT2D eigenvalue weighted by Gasteiger charge is 2.45. The monoisotopic (exact) mass is 543 g/mol. The van der Waals surface area contributed by atoms with Crippen LogP contribution < -0.4 is 9.47 Å². The highest BCUT2D eigenvalue weighted by Crippen LogP contribution is 2.54. The number of ether oxygens (including phenoxy) is 3. The molecule has 2 aliphatic heterocycles. The Morgan fingerprint density at radius 3 is 2.65 bits per heavy atom. The van der Waals surface area contributed by atoms with Crippen molar-refractivity contribution in [3.05, 3.63) is 112 Å². The minimum absolute atomic E-state index is 0.183. The van der Waals surface area contributed by atoms with E-state index in [-0.39, 0.29) is 12.6 Å². The van der Waals surface area contributed by atoms with Gasteiger partial charge in [0.2, 0.25) is 0 Å². The van der Waals surface area contributed by atoms with Gasteiger partial charge in [-0.1, -0.05) is 48.5 Å². The van der Waals surface area contributed by atoms with E-state index in [1.54, 1.807) is 18.4 Å². The molecule has 2 aromatic heterocycles. The van der Waals surface area contributed by atoms with E-state index in [1.807, 2.05) is 30.3 Å². The second-order valence-electron chi connectivity index (χ2n) is 10.2. The third-order valence-corrected chi connectivity index (χ3v) is 9.23. The predicted octanol–water partition coefficient (Wildman–Crippen LogP) is 7.93. The first kappa shape index (κ1) is 23.3. The molecular weight excluding hydrogens is 518 g/mol. The number of benzene rings is 4. The van der Waals surface area contributed by atoms with Gasteiger partial charge in [0.15, 0.2) is 5.60 Å². The Morgan fingerprint density at radius 2 is 1.82 bits per heavy atom. The number of carbonyl (C=O) groups excluding carboxylic acids is 1. The summed E-state index contributed by atoms with van der Waals surface area (Å²) in [5.74, 6) is 1.12. The summed E-state index contributed by atoms with van der Waals surface area (Å²) >= 11 is 1.63. The SMILES string of the molecule is CCn1c2ccccc2c2c3c4c5c(cc3ccc21)C(=O)OCC5=CC(c1cccs1)(c1ccccc1OC)O4. The maximum absolute atomic E-state index is 13.1. The maximum Gasteiger partial charge on any atom is 0.339 e. The van der Waals surface area contributed by atoms with Gasteiger partial charge in [-0.05, 0) is 54.1 Å². The molecule has 4 heterocycles. The smallest absolute Gasteiger partial charge is 0.339 e. The molecule has 0 saturated heterocycles. The van der Waals surface area contributed by atoms with Crippen molar-refractivity contribution in [3.8, 4) is 11.5 Å². The number of hydrogen-bond donors (Lipinski definition) is 0. The number of aromatic nitrogens is 1. The summed E-state index contributed by atoms with van der Waals surface area (Å²) in [5.41, 5.74) is 4.56. The molecule has 8 rings (SSSR count). The van der Waals surface area contributed by atoms with Crippen LogP contribution >= 0.6 is 11.3 Å². The number of fused-ring (bicyclic) bond motifs is 6. The molecule has 0 spiro atoms. The summed E-state index contributed by atoms with van der Waals surface area (Å²) in [7, 11) is 1.68. The number of rotatable bonds is 4. The van der Waals surface area contributed by atoms with Crippen molar-refractivity contribution in [1.29, 1.82) is 0 Å². The number of aryl methyl sites for hydroxylation is 1. The molecule has 196 valence electrons. The molecule has 0 saturated carbocycles. The van der Waals surface area contributed by atoms with Crippen LogP contribution in [0.3, 0.4) is 0 Å². The molecule has 5 nitrogen and oxygen atoms in total. The van der Waals surface area contributed by atoms with E-state index in [1.165, 1.54) is 10.9 Å². The first-order chi connectivity index (χ1) is 19.6. The highest BCUT2D eigenvalue weighted by molar-refractivity contribution is 7.10. The minimum atomic E-state index is -0.969. The second-order valence-corrected chi connectivity index (χ2v) is 11.2. The normalized spacial score (nSPS) is 17.9. The van der Waals surface area contributed by atoms with E-state index >= 15 is 0 Å². The minimum Gasteiger partial charge on any atom is -0.496 e. The van der Waals surface area contributed by atoms with Crippen molar-refractivity contribution in [3.63, 3.8) is 0 Å². The quantitative estimate of drug-likeness (QED) is 0.212. The van der Waals surface area contributed by atoms with Crippen LogP contribution in [0, 0.1) is 0 Å². The number of nitrogens with zero attached hydrogens (tertiary/aromatic N) is 1. The second kappa shape index (κ2) is 8.47. The molecule has 0 radical (unpaired) electrons. The lowest BCUT2D eigenvalue weighted by molar-refractivity contribution is 0.0534. The summed E-state index contributed by atoms with van der Waals surface area (Å²) in [5, 5.41) is 6.31. The van der Waals surface area contributed by atoms with Crippen LogP contribution in [-0.2, 0) is 16.9 Å². The Morgan fingerprint density at radius 1 is 0.975 bits per heavy atom. The van der Waals surface area contributed by atoms with Crippen LogP contribution in [0.25, 0.3) is 38.2 Å². The molecule has 1 atom stereocenters. The Hall–Kier alpha value is -4.55. The number of para-hydroxylation sites is 2. The van der Waals surface area contributed by atoms with Gasteiger partial charge in [-0.15, -0.1) is 11.3 Å². The van der Waals surface area contributed by atoms with Gasteiger partial charge >= 0.3 is 5.97 Å². The Kier molecular flexibility index (Phi) is 4.95. The molecule has 6 heteroatoms. The lowest BCUT2D eigenvalue weighted by Gasteiger charge is -2.39. The van der Waals surface area contributed by atoms with Gasteiger partial charge in [0.05, 0.1) is 17.6 Å².